The molecule has 1 saturated carbocycles. The first-order valence-corrected chi connectivity index (χ1v) is 16.4. The fourth-order valence-electron chi connectivity index (χ4n) is 7.44. The van der Waals surface area contributed by atoms with Gasteiger partial charge >= 0.3 is 35.8 Å². The summed E-state index contributed by atoms with van der Waals surface area (Å²) < 4.78 is 41.1. The molecule has 0 aromatic carbocycles. The normalized spacial score (nSPS) is 37.9. The van der Waals surface area contributed by atoms with E-state index in [4.69, 9.17) is 44.8 Å². The molecule has 15 nitrogen and oxygen atoms in total. The molecule has 11 atom stereocenters. The van der Waals surface area contributed by atoms with Crippen LogP contribution in [0.25, 0.3) is 0 Å². The third-order valence-electron chi connectivity index (χ3n) is 9.60. The first kappa shape index (κ1) is 38.3. The van der Waals surface area contributed by atoms with Crippen molar-refractivity contribution in [2.75, 3.05) is 19.1 Å². The standard InChI is InChI=1S/C33H43ClO15/c1-15(2)10-23(39)49-28-25(44-17(4)36)27(45-18(5)37)31(7)21(47-24(40)13-35)9-8-20(12-34)11-22-33(42,16(3)30(41)48-22)29(46-19(6)38)26(31)32(28)14-43-32/h8-9,11,15-16,21-22,25-29,35,42H,10,12-14H2,1-7H3. The third-order valence-corrected chi connectivity index (χ3v) is 9.91. The van der Waals surface area contributed by atoms with Crippen molar-refractivity contribution in [2.45, 2.75) is 103 Å². The highest BCUT2D eigenvalue weighted by atomic mass is 35.5. The summed E-state index contributed by atoms with van der Waals surface area (Å²) in [6.45, 7) is 8.26. The molecule has 2 aliphatic heterocycles. The second kappa shape index (κ2) is 14.4. The fraction of sp³-hybridized carbons (Fsp3) is 0.697. The molecule has 16 heteroatoms. The quantitative estimate of drug-likeness (QED) is 0.148. The molecule has 2 N–H and O–H groups in total. The van der Waals surface area contributed by atoms with Gasteiger partial charge in [0.25, 0.3) is 0 Å². The van der Waals surface area contributed by atoms with Gasteiger partial charge in [-0.3, -0.25) is 24.0 Å². The largest absolute Gasteiger partial charge is 0.459 e. The number of carbonyl (C=O) groups is 6. The minimum absolute atomic E-state index is 0.0796. The van der Waals surface area contributed by atoms with Crippen molar-refractivity contribution in [1.82, 2.24) is 0 Å². The summed E-state index contributed by atoms with van der Waals surface area (Å²) in [6.07, 6.45) is -5.56. The van der Waals surface area contributed by atoms with Crippen LogP contribution in [0.1, 0.15) is 54.9 Å². The monoisotopic (exact) mass is 714 g/mol. The van der Waals surface area contributed by atoms with E-state index in [1.807, 2.05) is 0 Å². The Kier molecular flexibility index (Phi) is 11.2. The Labute approximate surface area is 288 Å². The van der Waals surface area contributed by atoms with E-state index in [2.05, 4.69) is 0 Å². The second-order valence-electron chi connectivity index (χ2n) is 13.5. The van der Waals surface area contributed by atoms with Crippen LogP contribution in [0.2, 0.25) is 0 Å². The number of hydrogen-bond acceptors (Lipinski definition) is 15. The maximum Gasteiger partial charge on any atom is 0.332 e. The lowest BCUT2D eigenvalue weighted by molar-refractivity contribution is -0.279. The summed E-state index contributed by atoms with van der Waals surface area (Å²) in [5, 5.41) is 22.5. The van der Waals surface area contributed by atoms with E-state index >= 15 is 0 Å². The summed E-state index contributed by atoms with van der Waals surface area (Å²) in [5.41, 5.74) is -5.82. The Bertz CT molecular complexity index is 1420. The molecular formula is C33H43ClO15. The number of aliphatic hydroxyl groups is 2. The molecule has 4 rings (SSSR count). The van der Waals surface area contributed by atoms with Crippen LogP contribution in [-0.2, 0) is 61.9 Å². The molecule has 0 amide bonds. The van der Waals surface area contributed by atoms with E-state index in [-0.39, 0.29) is 30.4 Å². The van der Waals surface area contributed by atoms with Crippen LogP contribution in [0.4, 0.5) is 0 Å². The van der Waals surface area contributed by atoms with Crippen molar-refractivity contribution in [3.05, 3.63) is 23.8 Å². The van der Waals surface area contributed by atoms with Crippen LogP contribution in [0, 0.1) is 23.2 Å². The number of alkyl halides is 1. The SMILES string of the molecule is CC(=O)OC1C(OC(=O)CC(C)C)C2(CO2)C2C(OC(C)=O)C3(O)C(C=C(CCl)C=CC(OC(=O)CO)C2(C)C1OC(C)=O)OC(=O)C3C. The van der Waals surface area contributed by atoms with Crippen LogP contribution in [0.5, 0.6) is 0 Å². The summed E-state index contributed by atoms with van der Waals surface area (Å²) in [6, 6.07) is 0. The van der Waals surface area contributed by atoms with Crippen LogP contribution >= 0.6 is 11.6 Å². The zero-order valence-electron chi connectivity index (χ0n) is 28.3. The molecule has 1 spiro atoms. The maximum absolute atomic E-state index is 13.3. The van der Waals surface area contributed by atoms with Crippen LogP contribution < -0.4 is 0 Å². The van der Waals surface area contributed by atoms with Gasteiger partial charge < -0.3 is 43.4 Å². The molecule has 0 radical (unpaired) electrons. The smallest absolute Gasteiger partial charge is 0.332 e. The minimum atomic E-state index is -2.39. The lowest BCUT2D eigenvalue weighted by Gasteiger charge is -2.59. The number of aliphatic hydroxyl groups excluding tert-OH is 1. The van der Waals surface area contributed by atoms with E-state index in [9.17, 15) is 39.0 Å². The van der Waals surface area contributed by atoms with Crippen molar-refractivity contribution < 1.29 is 72.1 Å². The van der Waals surface area contributed by atoms with Gasteiger partial charge in [0.1, 0.15) is 24.4 Å². The highest BCUT2D eigenvalue weighted by Gasteiger charge is 2.81. The molecule has 49 heavy (non-hydrogen) atoms. The molecule has 2 heterocycles. The molecule has 0 aromatic rings. The third kappa shape index (κ3) is 7.08. The van der Waals surface area contributed by atoms with Gasteiger partial charge in [0.05, 0.1) is 17.9 Å². The number of halogens is 1. The van der Waals surface area contributed by atoms with Crippen LogP contribution in [0.3, 0.4) is 0 Å². The molecule has 2 saturated heterocycles. The fourth-order valence-corrected chi connectivity index (χ4v) is 7.62. The second-order valence-corrected chi connectivity index (χ2v) is 13.8. The number of epoxide rings is 1. The topological polar surface area (TPSA) is 211 Å². The molecule has 3 fully saturated rings. The van der Waals surface area contributed by atoms with Crippen LogP contribution in [-0.4, -0.2) is 113 Å². The van der Waals surface area contributed by atoms with Crippen molar-refractivity contribution in [1.29, 1.82) is 0 Å². The molecule has 2 aliphatic carbocycles. The zero-order valence-corrected chi connectivity index (χ0v) is 29.1. The molecule has 0 aromatic heterocycles. The number of ether oxygens (including phenoxy) is 7. The van der Waals surface area contributed by atoms with Crippen molar-refractivity contribution in [3.63, 3.8) is 0 Å². The van der Waals surface area contributed by atoms with Gasteiger partial charge in [-0.05, 0) is 30.6 Å². The van der Waals surface area contributed by atoms with Crippen molar-refractivity contribution in [2.24, 2.45) is 23.2 Å². The molecule has 0 bridgehead atoms. The van der Waals surface area contributed by atoms with Gasteiger partial charge in [-0.1, -0.05) is 26.8 Å². The minimum Gasteiger partial charge on any atom is -0.459 e. The first-order chi connectivity index (χ1) is 22.9. The molecule has 272 valence electrons. The zero-order chi connectivity index (χ0) is 36.6. The van der Waals surface area contributed by atoms with Gasteiger partial charge in [0, 0.05) is 39.0 Å². The molecule has 4 aliphatic rings. The Morgan fingerprint density at radius 1 is 0.959 bits per heavy atom. The number of fused-ring (bicyclic) bond motifs is 3. The average Bonchev–Trinajstić information content (AvgIpc) is 3.75. The lowest BCUT2D eigenvalue weighted by atomic mass is 9.51. The lowest BCUT2D eigenvalue weighted by Crippen LogP contribution is -2.76. The number of hydrogen-bond donors (Lipinski definition) is 2. The van der Waals surface area contributed by atoms with Gasteiger partial charge in [0.15, 0.2) is 30.0 Å². The highest BCUT2D eigenvalue weighted by Crippen LogP contribution is 2.63. The number of allylic oxidation sites excluding steroid dienone is 2. The first-order valence-electron chi connectivity index (χ1n) is 15.9. The van der Waals surface area contributed by atoms with Gasteiger partial charge in [-0.15, -0.1) is 11.6 Å². The van der Waals surface area contributed by atoms with E-state index in [1.165, 1.54) is 32.1 Å². The van der Waals surface area contributed by atoms with Gasteiger partial charge in [-0.2, -0.15) is 0 Å². The Hall–Kier alpha value is -3.53. The van der Waals surface area contributed by atoms with Crippen molar-refractivity contribution in [3.8, 4) is 0 Å². The van der Waals surface area contributed by atoms with E-state index in [0.29, 0.717) is 0 Å². The van der Waals surface area contributed by atoms with E-state index in [0.717, 1.165) is 20.8 Å². The van der Waals surface area contributed by atoms with E-state index in [1.54, 1.807) is 13.8 Å². The van der Waals surface area contributed by atoms with E-state index < -0.39 is 107 Å². The van der Waals surface area contributed by atoms with Crippen molar-refractivity contribution >= 4 is 47.4 Å². The average molecular weight is 715 g/mol. The Morgan fingerprint density at radius 3 is 2.06 bits per heavy atom. The van der Waals surface area contributed by atoms with Gasteiger partial charge in [0.2, 0.25) is 0 Å². The molecular weight excluding hydrogens is 672 g/mol. The Morgan fingerprint density at radius 2 is 1.55 bits per heavy atom. The number of rotatable bonds is 9. The predicted octanol–water partition coefficient (Wildman–Crippen LogP) is 1.08. The predicted molar refractivity (Wildman–Crippen MR) is 165 cm³/mol. The Balaban J connectivity index is 2.15. The van der Waals surface area contributed by atoms with Gasteiger partial charge in [-0.25, -0.2) is 4.79 Å². The number of esters is 6. The summed E-state index contributed by atoms with van der Waals surface area (Å²) in [4.78, 5) is 77.9. The van der Waals surface area contributed by atoms with Crippen LogP contribution in [0.15, 0.2) is 23.8 Å². The summed E-state index contributed by atoms with van der Waals surface area (Å²) in [5.74, 6) is -8.60. The molecule has 11 unspecified atom stereocenters. The number of carbonyl (C=O) groups excluding carboxylic acids is 6. The maximum atomic E-state index is 13.3. The summed E-state index contributed by atoms with van der Waals surface area (Å²) >= 11 is 6.25. The highest BCUT2D eigenvalue weighted by molar-refractivity contribution is 6.19. The summed E-state index contributed by atoms with van der Waals surface area (Å²) in [7, 11) is 0.